The van der Waals surface area contributed by atoms with Gasteiger partial charge in [0.05, 0.1) is 12.2 Å². The van der Waals surface area contributed by atoms with Gasteiger partial charge in [0.15, 0.2) is 0 Å². The Morgan fingerprint density at radius 1 is 1.36 bits per heavy atom. The Hall–Kier alpha value is -2.01. The van der Waals surface area contributed by atoms with Crippen molar-refractivity contribution in [1.82, 2.24) is 15.1 Å². The van der Waals surface area contributed by atoms with Crippen molar-refractivity contribution in [3.05, 3.63) is 47.1 Å². The van der Waals surface area contributed by atoms with Crippen LogP contribution in [0, 0.1) is 0 Å². The van der Waals surface area contributed by atoms with Crippen LogP contribution in [-0.2, 0) is 6.42 Å². The number of nitrogens with zero attached hydrogens (tertiary/aromatic N) is 2. The lowest BCUT2D eigenvalue weighted by Crippen LogP contribution is -2.32. The average molecular weight is 319 g/mol. The fourth-order valence-corrected chi connectivity index (χ4v) is 2.72. The third-order valence-electron chi connectivity index (χ3n) is 3.92. The number of carbonyl (C=O) groups is 1. The number of carbonyl (C=O) groups excluding carboxylic acids is 1. The van der Waals surface area contributed by atoms with Gasteiger partial charge in [-0.2, -0.15) is 5.10 Å². The summed E-state index contributed by atoms with van der Waals surface area (Å²) in [7, 11) is 0. The van der Waals surface area contributed by atoms with Crippen molar-refractivity contribution in [1.29, 1.82) is 0 Å². The van der Waals surface area contributed by atoms with Crippen LogP contribution in [-0.4, -0.2) is 22.4 Å². The highest BCUT2D eigenvalue weighted by Crippen LogP contribution is 2.33. The maximum absolute atomic E-state index is 12.0. The fourth-order valence-electron chi connectivity index (χ4n) is 2.51. The van der Waals surface area contributed by atoms with E-state index in [4.69, 9.17) is 11.6 Å². The summed E-state index contributed by atoms with van der Waals surface area (Å²) in [5.74, 6) is 0.755. The van der Waals surface area contributed by atoms with Gasteiger partial charge in [0.25, 0.3) is 0 Å². The molecule has 0 radical (unpaired) electrons. The number of halogens is 1. The van der Waals surface area contributed by atoms with Crippen molar-refractivity contribution in [2.24, 2.45) is 0 Å². The summed E-state index contributed by atoms with van der Waals surface area (Å²) in [5, 5.41) is 10.7. The summed E-state index contributed by atoms with van der Waals surface area (Å²) < 4.78 is 1.90. The third kappa shape index (κ3) is 3.60. The van der Waals surface area contributed by atoms with Gasteiger partial charge in [0, 0.05) is 17.6 Å². The zero-order valence-corrected chi connectivity index (χ0v) is 13.0. The number of hydrogen-bond acceptors (Lipinski definition) is 2. The normalized spacial score (nSPS) is 14.4. The Morgan fingerprint density at radius 3 is 2.95 bits per heavy atom. The van der Waals surface area contributed by atoms with E-state index < -0.39 is 0 Å². The molecule has 1 aliphatic rings. The number of urea groups is 1. The van der Waals surface area contributed by atoms with Crippen LogP contribution < -0.4 is 10.6 Å². The lowest BCUT2D eigenvalue weighted by atomic mass is 9.93. The molecule has 22 heavy (non-hydrogen) atoms. The molecule has 2 N–H and O–H groups in total. The van der Waals surface area contributed by atoms with Gasteiger partial charge in [0.2, 0.25) is 0 Å². The summed E-state index contributed by atoms with van der Waals surface area (Å²) in [4.78, 5) is 12.0. The van der Waals surface area contributed by atoms with Crippen molar-refractivity contribution >= 4 is 23.4 Å². The molecule has 0 aliphatic heterocycles. The van der Waals surface area contributed by atoms with Crippen molar-refractivity contribution in [3.63, 3.8) is 0 Å². The molecule has 6 heteroatoms. The number of nitrogens with one attached hydrogen (secondary N) is 2. The summed E-state index contributed by atoms with van der Waals surface area (Å²) in [6.07, 6.45) is 5.96. The van der Waals surface area contributed by atoms with E-state index >= 15 is 0 Å². The SMILES string of the molecule is O=C(NCCc1cccc(Cl)c1)Nc1ccnn1C1CCC1. The molecule has 2 amide bonds. The Morgan fingerprint density at radius 2 is 2.23 bits per heavy atom. The Kier molecular flexibility index (Phi) is 4.63. The second-order valence-corrected chi connectivity index (χ2v) is 5.94. The molecule has 1 heterocycles. The predicted octanol–water partition coefficient (Wildman–Crippen LogP) is 3.63. The number of amides is 2. The van der Waals surface area contributed by atoms with E-state index in [1.54, 1.807) is 6.20 Å². The van der Waals surface area contributed by atoms with Crippen LogP contribution >= 0.6 is 11.6 Å². The zero-order chi connectivity index (χ0) is 15.4. The highest BCUT2D eigenvalue weighted by atomic mass is 35.5. The standard InChI is InChI=1S/C16H19ClN4O/c17-13-4-1-3-12(11-13)7-9-18-16(22)20-15-8-10-19-21(15)14-5-2-6-14/h1,3-4,8,10-11,14H,2,5-7,9H2,(H2,18,20,22). The molecule has 1 saturated carbocycles. The minimum atomic E-state index is -0.205. The van der Waals surface area contributed by atoms with E-state index in [2.05, 4.69) is 15.7 Å². The topological polar surface area (TPSA) is 59.0 Å². The first-order chi connectivity index (χ1) is 10.7. The third-order valence-corrected chi connectivity index (χ3v) is 4.16. The first-order valence-electron chi connectivity index (χ1n) is 7.55. The first-order valence-corrected chi connectivity index (χ1v) is 7.93. The molecule has 0 saturated heterocycles. The minimum Gasteiger partial charge on any atom is -0.337 e. The predicted molar refractivity (Wildman–Crippen MR) is 87.3 cm³/mol. The number of benzene rings is 1. The molecular formula is C16H19ClN4O. The molecule has 0 bridgehead atoms. The van der Waals surface area contributed by atoms with Gasteiger partial charge >= 0.3 is 6.03 Å². The number of anilines is 1. The molecule has 1 aromatic heterocycles. The Labute approximate surface area is 134 Å². The Balaban J connectivity index is 1.47. The molecule has 0 spiro atoms. The molecule has 3 rings (SSSR count). The second-order valence-electron chi connectivity index (χ2n) is 5.51. The van der Waals surface area contributed by atoms with Crippen LogP contribution in [0.15, 0.2) is 36.5 Å². The molecule has 1 aromatic carbocycles. The lowest BCUT2D eigenvalue weighted by molar-refractivity contribution is 0.251. The summed E-state index contributed by atoms with van der Waals surface area (Å²) >= 11 is 5.94. The van der Waals surface area contributed by atoms with Gasteiger partial charge in [-0.25, -0.2) is 9.48 Å². The van der Waals surface area contributed by atoms with Gasteiger partial charge in [-0.1, -0.05) is 23.7 Å². The van der Waals surface area contributed by atoms with Crippen molar-refractivity contribution in [2.45, 2.75) is 31.7 Å². The van der Waals surface area contributed by atoms with E-state index in [1.165, 1.54) is 6.42 Å². The lowest BCUT2D eigenvalue weighted by Gasteiger charge is -2.27. The van der Waals surface area contributed by atoms with Crippen molar-refractivity contribution < 1.29 is 4.79 Å². The van der Waals surface area contributed by atoms with Crippen molar-refractivity contribution in [3.8, 4) is 0 Å². The van der Waals surface area contributed by atoms with Crippen LogP contribution in [0.1, 0.15) is 30.9 Å². The minimum absolute atomic E-state index is 0.205. The van der Waals surface area contributed by atoms with Gasteiger partial charge in [-0.05, 0) is 43.4 Å². The van der Waals surface area contributed by atoms with Gasteiger partial charge < -0.3 is 5.32 Å². The number of hydrogen-bond donors (Lipinski definition) is 2. The second kappa shape index (κ2) is 6.83. The summed E-state index contributed by atoms with van der Waals surface area (Å²) in [6, 6.07) is 9.71. The van der Waals surface area contributed by atoms with Crippen molar-refractivity contribution in [2.75, 3.05) is 11.9 Å². The summed E-state index contributed by atoms with van der Waals surface area (Å²) in [6.45, 7) is 0.559. The largest absolute Gasteiger partial charge is 0.337 e. The fraction of sp³-hybridized carbons (Fsp3) is 0.375. The molecule has 1 fully saturated rings. The maximum Gasteiger partial charge on any atom is 0.320 e. The van der Waals surface area contributed by atoms with E-state index in [1.807, 2.05) is 35.0 Å². The molecule has 5 nitrogen and oxygen atoms in total. The molecule has 0 unspecified atom stereocenters. The molecule has 0 atom stereocenters. The quantitative estimate of drug-likeness (QED) is 0.884. The summed E-state index contributed by atoms with van der Waals surface area (Å²) in [5.41, 5.74) is 1.10. The van der Waals surface area contributed by atoms with Gasteiger partial charge in [0.1, 0.15) is 5.82 Å². The first kappa shape index (κ1) is 14.9. The number of rotatable bonds is 5. The van der Waals surface area contributed by atoms with Crippen LogP contribution in [0.25, 0.3) is 0 Å². The van der Waals surface area contributed by atoms with Crippen LogP contribution in [0.5, 0.6) is 0 Å². The number of aromatic nitrogens is 2. The van der Waals surface area contributed by atoms with E-state index in [-0.39, 0.29) is 6.03 Å². The van der Waals surface area contributed by atoms with Gasteiger partial charge in [-0.15, -0.1) is 0 Å². The highest BCUT2D eigenvalue weighted by molar-refractivity contribution is 6.30. The smallest absolute Gasteiger partial charge is 0.320 e. The average Bonchev–Trinajstić information content (AvgIpc) is 2.85. The van der Waals surface area contributed by atoms with E-state index in [0.29, 0.717) is 17.6 Å². The van der Waals surface area contributed by atoms with Crippen LogP contribution in [0.3, 0.4) is 0 Å². The van der Waals surface area contributed by atoms with E-state index in [0.717, 1.165) is 30.6 Å². The monoisotopic (exact) mass is 318 g/mol. The molecule has 2 aromatic rings. The molecule has 1 aliphatic carbocycles. The van der Waals surface area contributed by atoms with Gasteiger partial charge in [-0.3, -0.25) is 5.32 Å². The molecular weight excluding hydrogens is 300 g/mol. The molecule has 116 valence electrons. The Bertz CT molecular complexity index is 651. The maximum atomic E-state index is 12.0. The zero-order valence-electron chi connectivity index (χ0n) is 12.3. The van der Waals surface area contributed by atoms with E-state index in [9.17, 15) is 4.79 Å². The highest BCUT2D eigenvalue weighted by Gasteiger charge is 2.22. The van der Waals surface area contributed by atoms with Crippen LogP contribution in [0.2, 0.25) is 5.02 Å². The van der Waals surface area contributed by atoms with Crippen LogP contribution in [0.4, 0.5) is 10.6 Å².